The third-order valence-corrected chi connectivity index (χ3v) is 6.34. The first kappa shape index (κ1) is 20.1. The smallest absolute Gasteiger partial charge is 0.287 e. The molecule has 1 amide bonds. The molecule has 0 spiro atoms. The van der Waals surface area contributed by atoms with Crippen LogP contribution in [0, 0.1) is 17.0 Å². The highest BCUT2D eigenvalue weighted by Gasteiger charge is 2.23. The van der Waals surface area contributed by atoms with E-state index in [-0.39, 0.29) is 22.2 Å². The van der Waals surface area contributed by atoms with Gasteiger partial charge in [-0.05, 0) is 42.8 Å². The van der Waals surface area contributed by atoms with E-state index in [9.17, 15) is 14.9 Å². The van der Waals surface area contributed by atoms with Gasteiger partial charge in [0.1, 0.15) is 27.7 Å². The Morgan fingerprint density at radius 3 is 2.73 bits per heavy atom. The van der Waals surface area contributed by atoms with Crippen molar-refractivity contribution in [3.05, 3.63) is 79.9 Å². The van der Waals surface area contributed by atoms with Crippen LogP contribution in [0.5, 0.6) is 0 Å². The Hall–Kier alpha value is -3.20. The summed E-state index contributed by atoms with van der Waals surface area (Å²) in [5.41, 5.74) is 2.17. The molecule has 4 rings (SSSR count). The lowest BCUT2D eigenvalue weighted by Gasteiger charge is -2.08. The largest absolute Gasteiger partial charge is 0.459 e. The average molecular weight is 443 g/mol. The fraction of sp³-hybridized carbons (Fsp3) is 0.0952. The summed E-state index contributed by atoms with van der Waals surface area (Å²) >= 11 is 7.33. The Morgan fingerprint density at radius 2 is 2.07 bits per heavy atom. The van der Waals surface area contributed by atoms with Gasteiger partial charge in [-0.2, -0.15) is 0 Å². The van der Waals surface area contributed by atoms with Gasteiger partial charge in [-0.15, -0.1) is 11.3 Å². The number of nitrogens with zero attached hydrogens (tertiary/aromatic N) is 1. The minimum atomic E-state index is -0.490. The Morgan fingerprint density at radius 1 is 1.27 bits per heavy atom. The summed E-state index contributed by atoms with van der Waals surface area (Å²) < 4.78 is 5.92. The number of rotatable bonds is 5. The second-order valence-corrected chi connectivity index (χ2v) is 7.96. The number of hydrogen-bond donors (Lipinski definition) is 2. The summed E-state index contributed by atoms with van der Waals surface area (Å²) in [6.45, 7) is 1.70. The number of aliphatic hydroxyl groups excluding tert-OH is 1. The topological polar surface area (TPSA) is 106 Å². The maximum absolute atomic E-state index is 12.8. The van der Waals surface area contributed by atoms with E-state index >= 15 is 0 Å². The van der Waals surface area contributed by atoms with E-state index in [4.69, 9.17) is 21.1 Å². The number of nitro groups is 1. The molecule has 0 saturated heterocycles. The number of non-ortho nitro benzene ring substituents is 1. The summed E-state index contributed by atoms with van der Waals surface area (Å²) in [7, 11) is 0. The van der Waals surface area contributed by atoms with Crippen molar-refractivity contribution in [2.45, 2.75) is 13.5 Å². The predicted octanol–water partition coefficient (Wildman–Crippen LogP) is 5.78. The van der Waals surface area contributed by atoms with Crippen molar-refractivity contribution in [1.29, 1.82) is 0 Å². The van der Waals surface area contributed by atoms with Gasteiger partial charge in [0.15, 0.2) is 0 Å². The number of nitro benzene ring substituents is 1. The first-order chi connectivity index (χ1) is 14.4. The predicted molar refractivity (Wildman–Crippen MR) is 116 cm³/mol. The summed E-state index contributed by atoms with van der Waals surface area (Å²) in [6.07, 6.45) is 0. The van der Waals surface area contributed by atoms with Crippen LogP contribution in [-0.2, 0) is 6.61 Å². The number of amides is 1. The SMILES string of the molecule is Cc1cc(NC(=O)c2sc3c([N+](=O)[O-])cccc3c2Cl)ccc1-c1ccc(CO)o1. The molecule has 2 N–H and O–H groups in total. The number of furan rings is 1. The lowest BCUT2D eigenvalue weighted by atomic mass is 10.1. The highest BCUT2D eigenvalue weighted by molar-refractivity contribution is 7.22. The number of aryl methyl sites for hydroxylation is 1. The molecule has 2 heterocycles. The highest BCUT2D eigenvalue weighted by atomic mass is 35.5. The van der Waals surface area contributed by atoms with Crippen LogP contribution in [0.15, 0.2) is 52.9 Å². The molecule has 152 valence electrons. The maximum atomic E-state index is 12.8. The summed E-state index contributed by atoms with van der Waals surface area (Å²) in [5.74, 6) is 0.646. The number of fused-ring (bicyclic) bond motifs is 1. The average Bonchev–Trinajstić information content (AvgIpc) is 3.32. The zero-order valence-electron chi connectivity index (χ0n) is 15.6. The molecule has 0 radical (unpaired) electrons. The van der Waals surface area contributed by atoms with Gasteiger partial charge < -0.3 is 14.8 Å². The second kappa shape index (κ2) is 7.91. The number of carbonyl (C=O) groups is 1. The second-order valence-electron chi connectivity index (χ2n) is 6.56. The lowest BCUT2D eigenvalue weighted by Crippen LogP contribution is -2.10. The molecule has 0 fully saturated rings. The summed E-state index contributed by atoms with van der Waals surface area (Å²) in [6, 6.07) is 13.4. The van der Waals surface area contributed by atoms with E-state index in [0.717, 1.165) is 22.5 Å². The summed E-state index contributed by atoms with van der Waals surface area (Å²) in [4.78, 5) is 23.8. The number of anilines is 1. The number of carbonyl (C=O) groups excluding carboxylic acids is 1. The standard InChI is InChI=1S/C21H15ClN2O5S/c1-11-9-12(5-7-14(11)17-8-6-13(10-25)29-17)23-21(26)20-18(22)15-3-2-4-16(24(27)28)19(15)30-20/h2-9,25H,10H2,1H3,(H,23,26). The molecule has 30 heavy (non-hydrogen) atoms. The van der Waals surface area contributed by atoms with Gasteiger partial charge in [0.2, 0.25) is 0 Å². The molecule has 0 bridgehead atoms. The van der Waals surface area contributed by atoms with Crippen LogP contribution in [0.25, 0.3) is 21.4 Å². The van der Waals surface area contributed by atoms with E-state index in [0.29, 0.717) is 27.3 Å². The van der Waals surface area contributed by atoms with Crippen molar-refractivity contribution in [1.82, 2.24) is 0 Å². The van der Waals surface area contributed by atoms with Crippen molar-refractivity contribution in [3.8, 4) is 11.3 Å². The van der Waals surface area contributed by atoms with Crippen molar-refractivity contribution in [3.63, 3.8) is 0 Å². The quantitative estimate of drug-likeness (QED) is 0.301. The zero-order chi connectivity index (χ0) is 21.4. The first-order valence-corrected chi connectivity index (χ1v) is 10.1. The van der Waals surface area contributed by atoms with Crippen LogP contribution in [0.1, 0.15) is 21.0 Å². The molecule has 0 atom stereocenters. The van der Waals surface area contributed by atoms with Gasteiger partial charge in [0, 0.05) is 22.7 Å². The molecule has 4 aromatic rings. The molecule has 0 aliphatic rings. The Bertz CT molecular complexity index is 1290. The summed E-state index contributed by atoms with van der Waals surface area (Å²) in [5, 5.41) is 23.9. The number of nitrogens with one attached hydrogen (secondary N) is 1. The van der Waals surface area contributed by atoms with Crippen LogP contribution in [0.4, 0.5) is 11.4 Å². The van der Waals surface area contributed by atoms with Crippen LogP contribution in [0.3, 0.4) is 0 Å². The fourth-order valence-corrected chi connectivity index (χ4v) is 4.67. The number of hydrogen-bond acceptors (Lipinski definition) is 6. The van der Waals surface area contributed by atoms with Gasteiger partial charge in [-0.1, -0.05) is 23.7 Å². The third-order valence-electron chi connectivity index (χ3n) is 4.60. The molecule has 0 saturated carbocycles. The molecular weight excluding hydrogens is 428 g/mol. The van der Waals surface area contributed by atoms with E-state index in [2.05, 4.69) is 5.32 Å². The van der Waals surface area contributed by atoms with Crippen molar-refractivity contribution < 1.29 is 19.2 Å². The van der Waals surface area contributed by atoms with Gasteiger partial charge in [-0.25, -0.2) is 0 Å². The number of benzene rings is 2. The first-order valence-electron chi connectivity index (χ1n) is 8.86. The molecular formula is C21H15ClN2O5S. The van der Waals surface area contributed by atoms with Crippen LogP contribution in [0.2, 0.25) is 5.02 Å². The van der Waals surface area contributed by atoms with Crippen molar-refractivity contribution >= 4 is 50.3 Å². The number of thiophene rings is 1. The van der Waals surface area contributed by atoms with E-state index in [1.54, 1.807) is 36.4 Å². The van der Waals surface area contributed by atoms with Gasteiger partial charge in [0.25, 0.3) is 11.6 Å². The van der Waals surface area contributed by atoms with Crippen LogP contribution >= 0.6 is 22.9 Å². The number of halogens is 1. The van der Waals surface area contributed by atoms with Gasteiger partial charge >= 0.3 is 0 Å². The van der Waals surface area contributed by atoms with E-state index in [1.165, 1.54) is 6.07 Å². The molecule has 2 aromatic heterocycles. The normalized spacial score (nSPS) is 11.0. The van der Waals surface area contributed by atoms with Crippen molar-refractivity contribution in [2.24, 2.45) is 0 Å². The molecule has 0 unspecified atom stereocenters. The minimum Gasteiger partial charge on any atom is -0.459 e. The highest BCUT2D eigenvalue weighted by Crippen LogP contribution is 2.40. The lowest BCUT2D eigenvalue weighted by molar-refractivity contribution is -0.382. The van der Waals surface area contributed by atoms with Crippen molar-refractivity contribution in [2.75, 3.05) is 5.32 Å². The van der Waals surface area contributed by atoms with E-state index in [1.807, 2.05) is 13.0 Å². The Labute approximate surface area is 179 Å². The van der Waals surface area contributed by atoms with Crippen LogP contribution < -0.4 is 5.32 Å². The Kier molecular flexibility index (Phi) is 5.29. The fourth-order valence-electron chi connectivity index (χ4n) is 3.18. The Balaban J connectivity index is 1.63. The molecule has 9 heteroatoms. The minimum absolute atomic E-state index is 0.0839. The van der Waals surface area contributed by atoms with E-state index < -0.39 is 10.8 Å². The van der Waals surface area contributed by atoms with Crippen LogP contribution in [-0.4, -0.2) is 15.9 Å². The monoisotopic (exact) mass is 442 g/mol. The van der Waals surface area contributed by atoms with Gasteiger partial charge in [0.05, 0.1) is 9.95 Å². The maximum Gasteiger partial charge on any atom is 0.287 e. The third kappa shape index (κ3) is 3.56. The zero-order valence-corrected chi connectivity index (χ0v) is 17.2. The van der Waals surface area contributed by atoms with Gasteiger partial charge in [-0.3, -0.25) is 14.9 Å². The molecule has 2 aromatic carbocycles. The molecule has 0 aliphatic carbocycles. The molecule has 0 aliphatic heterocycles. The molecule has 7 nitrogen and oxygen atoms in total. The number of aliphatic hydroxyl groups is 1.